The topological polar surface area (TPSA) is 60.4 Å². The van der Waals surface area contributed by atoms with E-state index in [1.807, 2.05) is 18.2 Å². The molecular weight excluding hydrogens is 372 g/mol. The van der Waals surface area contributed by atoms with E-state index in [-0.39, 0.29) is 24.7 Å². The van der Waals surface area contributed by atoms with E-state index in [2.05, 4.69) is 0 Å². The van der Waals surface area contributed by atoms with Gasteiger partial charge in [-0.05, 0) is 49.1 Å². The zero-order valence-electron chi connectivity index (χ0n) is 14.4. The Morgan fingerprint density at radius 1 is 1.08 bits per heavy atom. The highest BCUT2D eigenvalue weighted by Crippen LogP contribution is 2.45. The maximum atomic E-state index is 12.6. The molecule has 0 spiro atoms. The minimum absolute atomic E-state index is 0.0472. The number of benzene rings is 2. The Morgan fingerprint density at radius 3 is 2.42 bits per heavy atom. The predicted octanol–water partition coefficient (Wildman–Crippen LogP) is 4.17. The van der Waals surface area contributed by atoms with E-state index in [0.717, 1.165) is 24.8 Å². The van der Waals surface area contributed by atoms with Crippen molar-refractivity contribution in [2.75, 3.05) is 12.4 Å². The zero-order valence-corrected chi connectivity index (χ0v) is 15.9. The summed E-state index contributed by atoms with van der Waals surface area (Å²) in [5, 5.41) is 0.593. The summed E-state index contributed by atoms with van der Waals surface area (Å²) >= 11 is 6.05. The van der Waals surface area contributed by atoms with Crippen molar-refractivity contribution in [2.24, 2.45) is 0 Å². The number of carbonyl (C=O) groups is 1. The van der Waals surface area contributed by atoms with Crippen molar-refractivity contribution in [2.45, 2.75) is 36.0 Å². The van der Waals surface area contributed by atoms with Crippen LogP contribution < -0.4 is 0 Å². The Balaban J connectivity index is 1.57. The van der Waals surface area contributed by atoms with Crippen molar-refractivity contribution in [1.82, 2.24) is 0 Å². The largest absolute Gasteiger partial charge is 0.465 e. The van der Waals surface area contributed by atoms with E-state index < -0.39 is 15.3 Å². The fourth-order valence-corrected chi connectivity index (χ4v) is 4.72. The normalized spacial score (nSPS) is 15.9. The van der Waals surface area contributed by atoms with Gasteiger partial charge < -0.3 is 4.74 Å². The summed E-state index contributed by atoms with van der Waals surface area (Å²) in [6.45, 7) is 0.0905. The van der Waals surface area contributed by atoms with Crippen molar-refractivity contribution < 1.29 is 17.9 Å². The summed E-state index contributed by atoms with van der Waals surface area (Å²) in [5.74, 6) is -0.336. The molecule has 2 aromatic carbocycles. The van der Waals surface area contributed by atoms with Crippen molar-refractivity contribution in [3.8, 4) is 0 Å². The number of carbonyl (C=O) groups excluding carboxylic acids is 1. The average molecular weight is 393 g/mol. The molecular formula is C20H21ClO4S. The van der Waals surface area contributed by atoms with Gasteiger partial charge in [0.25, 0.3) is 0 Å². The van der Waals surface area contributed by atoms with Gasteiger partial charge in [0.15, 0.2) is 9.84 Å². The van der Waals surface area contributed by atoms with Crippen LogP contribution in [0.15, 0.2) is 59.5 Å². The maximum Gasteiger partial charge on any atom is 0.316 e. The van der Waals surface area contributed by atoms with Crippen LogP contribution >= 0.6 is 11.6 Å². The van der Waals surface area contributed by atoms with Crippen LogP contribution in [-0.2, 0) is 24.8 Å². The first-order valence-electron chi connectivity index (χ1n) is 8.65. The molecule has 4 nitrogen and oxygen atoms in total. The van der Waals surface area contributed by atoms with Gasteiger partial charge in [0.1, 0.15) is 0 Å². The number of hydrogen-bond acceptors (Lipinski definition) is 4. The number of ether oxygens (including phenoxy) is 1. The first-order valence-corrected chi connectivity index (χ1v) is 10.7. The zero-order chi connectivity index (χ0) is 18.6. The van der Waals surface area contributed by atoms with Crippen molar-refractivity contribution in [3.63, 3.8) is 0 Å². The molecule has 0 aromatic heterocycles. The molecule has 0 saturated heterocycles. The van der Waals surface area contributed by atoms with E-state index in [9.17, 15) is 13.2 Å². The minimum Gasteiger partial charge on any atom is -0.465 e. The van der Waals surface area contributed by atoms with E-state index in [0.29, 0.717) is 9.92 Å². The van der Waals surface area contributed by atoms with E-state index in [1.54, 1.807) is 36.4 Å². The molecule has 138 valence electrons. The Labute approximate surface area is 159 Å². The van der Waals surface area contributed by atoms with Gasteiger partial charge in [0.2, 0.25) is 0 Å². The van der Waals surface area contributed by atoms with E-state index in [4.69, 9.17) is 16.3 Å². The predicted molar refractivity (Wildman–Crippen MR) is 101 cm³/mol. The van der Waals surface area contributed by atoms with Crippen LogP contribution in [-0.4, -0.2) is 26.7 Å². The lowest BCUT2D eigenvalue weighted by Gasteiger charge is -2.39. The van der Waals surface area contributed by atoms with Gasteiger partial charge in [0, 0.05) is 5.02 Å². The monoisotopic (exact) mass is 392 g/mol. The van der Waals surface area contributed by atoms with Gasteiger partial charge in [-0.1, -0.05) is 48.4 Å². The first kappa shape index (κ1) is 18.9. The fraction of sp³-hybridized carbons (Fsp3) is 0.350. The molecule has 0 heterocycles. The minimum atomic E-state index is -3.35. The van der Waals surface area contributed by atoms with Crippen LogP contribution in [0.5, 0.6) is 0 Å². The molecule has 0 unspecified atom stereocenters. The second-order valence-corrected chi connectivity index (χ2v) is 9.11. The van der Waals surface area contributed by atoms with Gasteiger partial charge >= 0.3 is 5.97 Å². The van der Waals surface area contributed by atoms with Gasteiger partial charge in [-0.2, -0.15) is 0 Å². The highest BCUT2D eigenvalue weighted by molar-refractivity contribution is 7.91. The van der Waals surface area contributed by atoms with Gasteiger partial charge in [-0.3, -0.25) is 4.79 Å². The maximum absolute atomic E-state index is 12.6. The second-order valence-electron chi connectivity index (χ2n) is 6.57. The summed E-state index contributed by atoms with van der Waals surface area (Å²) in [7, 11) is -3.35. The third kappa shape index (κ3) is 3.94. The van der Waals surface area contributed by atoms with Gasteiger partial charge in [0.05, 0.1) is 22.7 Å². The molecule has 2 aromatic rings. The Kier molecular flexibility index (Phi) is 5.68. The molecule has 0 amide bonds. The Morgan fingerprint density at radius 2 is 1.81 bits per heavy atom. The lowest BCUT2D eigenvalue weighted by molar-refractivity contribution is -0.154. The van der Waals surface area contributed by atoms with E-state index >= 15 is 0 Å². The summed E-state index contributed by atoms with van der Waals surface area (Å²) < 4.78 is 29.9. The van der Waals surface area contributed by atoms with E-state index in [1.165, 1.54) is 0 Å². The molecule has 0 N–H and O–H groups in total. The van der Waals surface area contributed by atoms with Gasteiger partial charge in [-0.25, -0.2) is 8.42 Å². The molecule has 0 atom stereocenters. The average Bonchev–Trinajstić information content (AvgIpc) is 2.59. The standard InChI is InChI=1S/C20H21ClO4S/c21-17-8-4-7-16(15-17)20(11-5-12-20)19(22)25-13-6-14-26(23,24)18-9-2-1-3-10-18/h1-4,7-10,15H,5-6,11-14H2. The molecule has 1 saturated carbocycles. The second kappa shape index (κ2) is 7.80. The summed E-state index contributed by atoms with van der Waals surface area (Å²) in [5.41, 5.74) is 0.238. The molecule has 6 heteroatoms. The third-order valence-corrected chi connectivity index (χ3v) is 6.92. The molecule has 1 aliphatic rings. The number of halogens is 1. The number of rotatable bonds is 7. The smallest absolute Gasteiger partial charge is 0.316 e. The molecule has 3 rings (SSSR count). The van der Waals surface area contributed by atoms with Crippen molar-refractivity contribution in [3.05, 3.63) is 65.2 Å². The molecule has 0 bridgehead atoms. The lowest BCUT2D eigenvalue weighted by atomic mass is 9.64. The third-order valence-electron chi connectivity index (χ3n) is 4.87. The molecule has 1 fully saturated rings. The van der Waals surface area contributed by atoms with Crippen LogP contribution in [0.25, 0.3) is 0 Å². The SMILES string of the molecule is O=C(OCCCS(=O)(=O)c1ccccc1)C1(c2cccc(Cl)c2)CCC1. The summed E-state index contributed by atoms with van der Waals surface area (Å²) in [6.07, 6.45) is 2.70. The first-order chi connectivity index (χ1) is 12.4. The lowest BCUT2D eigenvalue weighted by Crippen LogP contribution is -2.43. The molecule has 26 heavy (non-hydrogen) atoms. The molecule has 0 radical (unpaired) electrons. The fourth-order valence-electron chi connectivity index (χ4n) is 3.22. The summed E-state index contributed by atoms with van der Waals surface area (Å²) in [4.78, 5) is 12.9. The van der Waals surface area contributed by atoms with Gasteiger partial charge in [-0.15, -0.1) is 0 Å². The number of hydrogen-bond donors (Lipinski definition) is 0. The Hall–Kier alpha value is -1.85. The van der Waals surface area contributed by atoms with Crippen molar-refractivity contribution >= 4 is 27.4 Å². The van der Waals surface area contributed by atoms with Crippen LogP contribution in [0.2, 0.25) is 5.02 Å². The molecule has 0 aliphatic heterocycles. The number of sulfone groups is 1. The molecule has 1 aliphatic carbocycles. The summed E-state index contributed by atoms with van der Waals surface area (Å²) in [6, 6.07) is 15.6. The highest BCUT2D eigenvalue weighted by atomic mass is 35.5. The van der Waals surface area contributed by atoms with Crippen LogP contribution in [0, 0.1) is 0 Å². The van der Waals surface area contributed by atoms with Crippen LogP contribution in [0.4, 0.5) is 0 Å². The van der Waals surface area contributed by atoms with Crippen LogP contribution in [0.1, 0.15) is 31.2 Å². The van der Waals surface area contributed by atoms with Crippen molar-refractivity contribution in [1.29, 1.82) is 0 Å². The quantitative estimate of drug-likeness (QED) is 0.524. The van der Waals surface area contributed by atoms with Crippen LogP contribution in [0.3, 0.4) is 0 Å². The number of esters is 1. The Bertz CT molecular complexity index is 874. The highest BCUT2D eigenvalue weighted by Gasteiger charge is 2.47.